The first-order valence-corrected chi connectivity index (χ1v) is 16.8. The molecule has 0 heterocycles. The van der Waals surface area contributed by atoms with Crippen molar-refractivity contribution in [2.75, 3.05) is 17.4 Å². The van der Waals surface area contributed by atoms with Gasteiger partial charge in [0.1, 0.15) is 12.6 Å². The van der Waals surface area contributed by atoms with E-state index in [-0.39, 0.29) is 23.8 Å². The number of hydrogen-bond acceptors (Lipinski definition) is 4. The van der Waals surface area contributed by atoms with Gasteiger partial charge in [0.25, 0.3) is 10.0 Å². The summed E-state index contributed by atoms with van der Waals surface area (Å²) in [5.74, 6) is -0.967. The van der Waals surface area contributed by atoms with Crippen LogP contribution in [0.1, 0.15) is 34.7 Å². The van der Waals surface area contributed by atoms with Crippen LogP contribution in [0, 0.1) is 20.8 Å². The smallest absolute Gasteiger partial charge is 0.264 e. The Morgan fingerprint density at radius 3 is 1.98 bits per heavy atom. The number of halogens is 2. The number of sulfonamides is 1. The summed E-state index contributed by atoms with van der Waals surface area (Å²) in [4.78, 5) is 29.6. The van der Waals surface area contributed by atoms with Crippen molar-refractivity contribution in [3.05, 3.63) is 129 Å². The molecule has 236 valence electrons. The summed E-state index contributed by atoms with van der Waals surface area (Å²) in [6, 6.07) is 25.2. The fourth-order valence-electron chi connectivity index (χ4n) is 5.16. The van der Waals surface area contributed by atoms with Gasteiger partial charge in [-0.05, 0) is 80.8 Å². The molecule has 2 amide bonds. The lowest BCUT2D eigenvalue weighted by Crippen LogP contribution is -2.53. The third-order valence-corrected chi connectivity index (χ3v) is 9.89. The minimum Gasteiger partial charge on any atom is -0.355 e. The lowest BCUT2D eigenvalue weighted by molar-refractivity contribution is -0.140. The quantitative estimate of drug-likeness (QED) is 0.179. The molecule has 0 saturated carbocycles. The molecule has 4 aromatic carbocycles. The first kappa shape index (κ1) is 34.0. The van der Waals surface area contributed by atoms with Crippen LogP contribution in [0.3, 0.4) is 0 Å². The molecule has 0 aliphatic heterocycles. The largest absolute Gasteiger partial charge is 0.355 e. The van der Waals surface area contributed by atoms with Crippen LogP contribution in [0.5, 0.6) is 0 Å². The van der Waals surface area contributed by atoms with Gasteiger partial charge in [0.2, 0.25) is 11.8 Å². The normalized spacial score (nSPS) is 12.0. The third-order valence-electron chi connectivity index (χ3n) is 7.39. The van der Waals surface area contributed by atoms with Crippen LogP contribution < -0.4 is 9.62 Å². The highest BCUT2D eigenvalue weighted by atomic mass is 35.5. The summed E-state index contributed by atoms with van der Waals surface area (Å²) in [7, 11) is -4.20. The molecule has 1 N–H and O–H groups in total. The number of benzene rings is 4. The van der Waals surface area contributed by atoms with E-state index in [1.54, 1.807) is 49.4 Å². The average molecular weight is 667 g/mol. The van der Waals surface area contributed by atoms with Crippen molar-refractivity contribution in [2.45, 2.75) is 51.6 Å². The van der Waals surface area contributed by atoms with E-state index in [1.165, 1.54) is 17.0 Å². The van der Waals surface area contributed by atoms with Gasteiger partial charge in [-0.1, -0.05) is 83.4 Å². The first-order chi connectivity index (χ1) is 21.4. The Labute approximate surface area is 275 Å². The molecule has 10 heteroatoms. The number of nitrogens with zero attached hydrogens (tertiary/aromatic N) is 2. The fourth-order valence-corrected chi connectivity index (χ4v) is 7.08. The van der Waals surface area contributed by atoms with Gasteiger partial charge in [-0.25, -0.2) is 8.42 Å². The molecule has 4 aromatic rings. The molecule has 0 spiro atoms. The van der Waals surface area contributed by atoms with Gasteiger partial charge in [-0.3, -0.25) is 13.9 Å². The van der Waals surface area contributed by atoms with Crippen molar-refractivity contribution in [3.63, 3.8) is 0 Å². The molecule has 45 heavy (non-hydrogen) atoms. The van der Waals surface area contributed by atoms with E-state index in [1.807, 2.05) is 57.2 Å². The van der Waals surface area contributed by atoms with E-state index < -0.39 is 28.5 Å². The molecule has 7 nitrogen and oxygen atoms in total. The summed E-state index contributed by atoms with van der Waals surface area (Å²) in [5, 5.41) is 3.50. The van der Waals surface area contributed by atoms with Gasteiger partial charge < -0.3 is 10.2 Å². The van der Waals surface area contributed by atoms with E-state index in [0.29, 0.717) is 27.8 Å². The van der Waals surface area contributed by atoms with E-state index in [2.05, 4.69) is 5.32 Å². The Bertz CT molecular complexity index is 1720. The Morgan fingerprint density at radius 1 is 0.800 bits per heavy atom. The van der Waals surface area contributed by atoms with Crippen LogP contribution in [0.2, 0.25) is 10.0 Å². The van der Waals surface area contributed by atoms with Gasteiger partial charge in [-0.2, -0.15) is 0 Å². The van der Waals surface area contributed by atoms with Crippen LogP contribution in [0.4, 0.5) is 5.69 Å². The molecule has 0 bridgehead atoms. The third kappa shape index (κ3) is 8.45. The summed E-state index contributed by atoms with van der Waals surface area (Å²) < 4.78 is 29.6. The SMILES string of the molecule is CCNC(=O)[C@@H](Cc1ccccc1)N(Cc1c(Cl)cccc1Cl)C(=O)CN(c1cc(C)cc(C)c1)S(=O)(=O)c1ccc(C)cc1. The zero-order chi connectivity index (χ0) is 32.7. The molecule has 0 unspecified atom stereocenters. The highest BCUT2D eigenvalue weighted by molar-refractivity contribution is 7.92. The standard InChI is InChI=1S/C35H37Cl2N3O4S/c1-5-38-35(42)33(21-27-10-7-6-8-11-27)39(22-30-31(36)12-9-13-32(30)37)34(41)23-40(28-19-25(3)18-26(4)20-28)45(43,44)29-16-14-24(2)15-17-29/h6-20,33H,5,21-23H2,1-4H3,(H,38,42)/t33-/m1/s1. The highest BCUT2D eigenvalue weighted by Gasteiger charge is 2.35. The zero-order valence-corrected chi connectivity index (χ0v) is 28.1. The highest BCUT2D eigenvalue weighted by Crippen LogP contribution is 2.30. The van der Waals surface area contributed by atoms with Gasteiger partial charge >= 0.3 is 0 Å². The number of likely N-dealkylation sites (N-methyl/N-ethyl adjacent to an activating group) is 1. The second-order valence-corrected chi connectivity index (χ2v) is 13.7. The topological polar surface area (TPSA) is 86.8 Å². The van der Waals surface area contributed by atoms with Gasteiger partial charge in [0, 0.05) is 35.1 Å². The van der Waals surface area contributed by atoms with E-state index in [9.17, 15) is 18.0 Å². The Balaban J connectivity index is 1.85. The van der Waals surface area contributed by atoms with Gasteiger partial charge in [0.15, 0.2) is 0 Å². The second-order valence-electron chi connectivity index (χ2n) is 11.0. The number of nitrogens with one attached hydrogen (secondary N) is 1. The molecule has 0 aliphatic carbocycles. The lowest BCUT2D eigenvalue weighted by Gasteiger charge is -2.34. The van der Waals surface area contributed by atoms with E-state index in [4.69, 9.17) is 23.2 Å². The summed E-state index contributed by atoms with van der Waals surface area (Å²) >= 11 is 13.1. The minimum atomic E-state index is -4.20. The molecule has 0 fully saturated rings. The van der Waals surface area contributed by atoms with Crippen molar-refractivity contribution in [2.24, 2.45) is 0 Å². The number of rotatable bonds is 12. The number of carbonyl (C=O) groups is 2. The van der Waals surface area contributed by atoms with E-state index in [0.717, 1.165) is 26.6 Å². The second kappa shape index (κ2) is 15.0. The Kier molecular flexibility index (Phi) is 11.3. The van der Waals surface area contributed by atoms with Crippen LogP contribution in [-0.2, 0) is 32.6 Å². The Morgan fingerprint density at radius 2 is 1.40 bits per heavy atom. The molecule has 1 atom stereocenters. The van der Waals surface area contributed by atoms with Crippen LogP contribution >= 0.6 is 23.2 Å². The number of anilines is 1. The first-order valence-electron chi connectivity index (χ1n) is 14.6. The lowest BCUT2D eigenvalue weighted by atomic mass is 10.0. The fraction of sp³-hybridized carbons (Fsp3) is 0.257. The molecule has 0 aliphatic rings. The van der Waals surface area contributed by atoms with Crippen molar-refractivity contribution in [1.29, 1.82) is 0 Å². The number of aryl methyl sites for hydroxylation is 3. The van der Waals surface area contributed by atoms with Crippen LogP contribution in [0.25, 0.3) is 0 Å². The van der Waals surface area contributed by atoms with Crippen molar-refractivity contribution >= 4 is 50.7 Å². The van der Waals surface area contributed by atoms with Gasteiger partial charge in [-0.15, -0.1) is 0 Å². The maximum absolute atomic E-state index is 14.5. The summed E-state index contributed by atoms with van der Waals surface area (Å²) in [6.07, 6.45) is 0.189. The summed E-state index contributed by atoms with van der Waals surface area (Å²) in [6.45, 7) is 7.06. The zero-order valence-electron chi connectivity index (χ0n) is 25.8. The van der Waals surface area contributed by atoms with Gasteiger partial charge in [0.05, 0.1) is 10.6 Å². The monoisotopic (exact) mass is 665 g/mol. The van der Waals surface area contributed by atoms with Crippen molar-refractivity contribution in [1.82, 2.24) is 10.2 Å². The molecule has 0 radical (unpaired) electrons. The molecule has 4 rings (SSSR count). The van der Waals surface area contributed by atoms with Crippen LogP contribution in [0.15, 0.2) is 95.9 Å². The predicted octanol–water partition coefficient (Wildman–Crippen LogP) is 6.89. The Hall–Kier alpha value is -3.85. The summed E-state index contributed by atoms with van der Waals surface area (Å²) in [5.41, 5.74) is 4.20. The molecular weight excluding hydrogens is 629 g/mol. The maximum Gasteiger partial charge on any atom is 0.264 e. The number of carbonyl (C=O) groups excluding carboxylic acids is 2. The molecular formula is C35H37Cl2N3O4S. The van der Waals surface area contributed by atoms with Crippen molar-refractivity contribution in [3.8, 4) is 0 Å². The minimum absolute atomic E-state index is 0.0466. The molecule has 0 aromatic heterocycles. The molecule has 0 saturated heterocycles. The maximum atomic E-state index is 14.5. The number of amides is 2. The average Bonchev–Trinajstić information content (AvgIpc) is 2.99. The number of hydrogen-bond donors (Lipinski definition) is 1. The van der Waals surface area contributed by atoms with E-state index >= 15 is 0 Å². The predicted molar refractivity (Wildman–Crippen MR) is 181 cm³/mol. The van der Waals surface area contributed by atoms with Crippen molar-refractivity contribution < 1.29 is 18.0 Å². The van der Waals surface area contributed by atoms with Crippen LogP contribution in [-0.4, -0.2) is 44.3 Å².